The maximum absolute atomic E-state index is 4.63. The van der Waals surface area contributed by atoms with E-state index in [0.717, 1.165) is 33.2 Å². The van der Waals surface area contributed by atoms with Crippen LogP contribution in [0.5, 0.6) is 0 Å². The first-order valence-corrected chi connectivity index (χ1v) is 6.34. The van der Waals surface area contributed by atoms with Gasteiger partial charge >= 0.3 is 0 Å². The molecule has 0 aliphatic rings. The molecule has 4 rings (SSSR count). The maximum Gasteiger partial charge on any atom is 0.121 e. The van der Waals surface area contributed by atoms with Gasteiger partial charge in [0, 0.05) is 10.8 Å². The highest BCUT2D eigenvalue weighted by Gasteiger charge is 2.08. The van der Waals surface area contributed by atoms with Gasteiger partial charge < -0.3 is 0 Å². The molecule has 0 unspecified atom stereocenters. The third-order valence-corrected chi connectivity index (χ3v) is 3.26. The number of fused-ring (bicyclic) bond motifs is 2. The second-order valence-corrected chi connectivity index (χ2v) is 4.52. The van der Waals surface area contributed by atoms with Crippen LogP contribution in [0.4, 0.5) is 0 Å². The number of hydrogen-bond donors (Lipinski definition) is 0. The predicted molar refractivity (Wildman–Crippen MR) is 78.1 cm³/mol. The van der Waals surface area contributed by atoms with Crippen molar-refractivity contribution in [3.05, 3.63) is 60.9 Å². The normalized spacial score (nSPS) is 11.0. The Morgan fingerprint density at radius 1 is 0.750 bits per heavy atom. The summed E-state index contributed by atoms with van der Waals surface area (Å²) in [6, 6.07) is 15.8. The van der Waals surface area contributed by atoms with Crippen LogP contribution in [0.2, 0.25) is 0 Å². The average Bonchev–Trinajstić information content (AvgIpc) is 2.54. The highest BCUT2D eigenvalue weighted by atomic mass is 15.1. The van der Waals surface area contributed by atoms with Gasteiger partial charge in [0.2, 0.25) is 0 Å². The molecule has 4 nitrogen and oxygen atoms in total. The Balaban J connectivity index is 2.01. The molecule has 0 radical (unpaired) electrons. The molecular formula is C16H10N4. The molecular weight excluding hydrogens is 248 g/mol. The SMILES string of the molecule is c1ccc2c(-c3cnc4ccccc4n3)nncc2c1. The van der Waals surface area contributed by atoms with Gasteiger partial charge in [0.15, 0.2) is 0 Å². The van der Waals surface area contributed by atoms with Gasteiger partial charge in [-0.25, -0.2) is 4.98 Å². The van der Waals surface area contributed by atoms with Gasteiger partial charge in [-0.1, -0.05) is 36.4 Å². The molecule has 0 fully saturated rings. The van der Waals surface area contributed by atoms with Crippen molar-refractivity contribution in [3.63, 3.8) is 0 Å². The molecule has 0 amide bonds. The van der Waals surface area contributed by atoms with E-state index in [1.54, 1.807) is 12.4 Å². The van der Waals surface area contributed by atoms with Crippen LogP contribution < -0.4 is 0 Å². The second-order valence-electron chi connectivity index (χ2n) is 4.52. The van der Waals surface area contributed by atoms with Crippen LogP contribution in [0.25, 0.3) is 33.2 Å². The Morgan fingerprint density at radius 2 is 1.55 bits per heavy atom. The lowest BCUT2D eigenvalue weighted by molar-refractivity contribution is 1.05. The molecule has 4 aromatic rings. The van der Waals surface area contributed by atoms with E-state index < -0.39 is 0 Å². The van der Waals surface area contributed by atoms with E-state index >= 15 is 0 Å². The molecule has 0 spiro atoms. The fraction of sp³-hybridized carbons (Fsp3) is 0. The number of para-hydroxylation sites is 2. The monoisotopic (exact) mass is 258 g/mol. The quantitative estimate of drug-likeness (QED) is 0.526. The Kier molecular flexibility index (Phi) is 2.39. The molecule has 0 saturated heterocycles. The van der Waals surface area contributed by atoms with E-state index in [2.05, 4.69) is 20.2 Å². The Hall–Kier alpha value is -2.88. The summed E-state index contributed by atoms with van der Waals surface area (Å²) < 4.78 is 0. The molecule has 0 bridgehead atoms. The molecule has 2 heterocycles. The van der Waals surface area contributed by atoms with Gasteiger partial charge in [0.25, 0.3) is 0 Å². The Bertz CT molecular complexity index is 913. The first kappa shape index (κ1) is 11.0. The zero-order valence-electron chi connectivity index (χ0n) is 10.6. The zero-order chi connectivity index (χ0) is 13.4. The lowest BCUT2D eigenvalue weighted by Crippen LogP contribution is -1.94. The Morgan fingerprint density at radius 3 is 2.50 bits per heavy atom. The minimum atomic E-state index is 0.744. The number of benzene rings is 2. The molecule has 0 saturated carbocycles. The summed E-state index contributed by atoms with van der Waals surface area (Å²) in [4.78, 5) is 9.06. The summed E-state index contributed by atoms with van der Waals surface area (Å²) in [5.74, 6) is 0. The van der Waals surface area contributed by atoms with Crippen molar-refractivity contribution in [1.82, 2.24) is 20.2 Å². The average molecular weight is 258 g/mol. The summed E-state index contributed by atoms with van der Waals surface area (Å²) in [7, 11) is 0. The summed E-state index contributed by atoms with van der Waals surface area (Å²) in [5.41, 5.74) is 3.25. The molecule has 94 valence electrons. The highest BCUT2D eigenvalue weighted by molar-refractivity contribution is 5.93. The van der Waals surface area contributed by atoms with E-state index in [1.165, 1.54) is 0 Å². The van der Waals surface area contributed by atoms with Gasteiger partial charge in [0.05, 0.1) is 23.4 Å². The Labute approximate surface area is 115 Å². The lowest BCUT2D eigenvalue weighted by atomic mass is 10.1. The van der Waals surface area contributed by atoms with Crippen LogP contribution in [0, 0.1) is 0 Å². The van der Waals surface area contributed by atoms with Crippen LogP contribution in [0.3, 0.4) is 0 Å². The minimum absolute atomic E-state index is 0.744. The fourth-order valence-corrected chi connectivity index (χ4v) is 2.29. The predicted octanol–water partition coefficient (Wildman–Crippen LogP) is 3.24. The molecule has 0 aliphatic carbocycles. The molecule has 4 heteroatoms. The largest absolute Gasteiger partial charge is 0.252 e. The standard InChI is InChI=1S/C16H10N4/c1-2-6-12-11(5-1)9-18-20-16(12)15-10-17-13-7-3-4-8-14(13)19-15/h1-10H. The van der Waals surface area contributed by atoms with E-state index in [1.807, 2.05) is 48.5 Å². The summed E-state index contributed by atoms with van der Waals surface area (Å²) in [6.45, 7) is 0. The molecule has 2 aromatic heterocycles. The fourth-order valence-electron chi connectivity index (χ4n) is 2.29. The summed E-state index contributed by atoms with van der Waals surface area (Å²) in [6.07, 6.45) is 3.51. The van der Waals surface area contributed by atoms with E-state index in [0.29, 0.717) is 0 Å². The van der Waals surface area contributed by atoms with Crippen LogP contribution >= 0.6 is 0 Å². The summed E-state index contributed by atoms with van der Waals surface area (Å²) >= 11 is 0. The first-order chi connectivity index (χ1) is 9.92. The van der Waals surface area contributed by atoms with Crippen LogP contribution in [0.1, 0.15) is 0 Å². The van der Waals surface area contributed by atoms with Gasteiger partial charge in [-0.2, -0.15) is 5.10 Å². The van der Waals surface area contributed by atoms with E-state index in [4.69, 9.17) is 0 Å². The van der Waals surface area contributed by atoms with Crippen molar-refractivity contribution in [2.45, 2.75) is 0 Å². The van der Waals surface area contributed by atoms with E-state index in [-0.39, 0.29) is 0 Å². The van der Waals surface area contributed by atoms with Crippen LogP contribution in [0.15, 0.2) is 60.9 Å². The maximum atomic E-state index is 4.63. The van der Waals surface area contributed by atoms with Crippen molar-refractivity contribution in [2.75, 3.05) is 0 Å². The van der Waals surface area contributed by atoms with Crippen molar-refractivity contribution in [1.29, 1.82) is 0 Å². The third-order valence-electron chi connectivity index (χ3n) is 3.26. The molecule has 20 heavy (non-hydrogen) atoms. The molecule has 0 aliphatic heterocycles. The first-order valence-electron chi connectivity index (χ1n) is 6.34. The van der Waals surface area contributed by atoms with Crippen LogP contribution in [-0.2, 0) is 0 Å². The molecule has 2 aromatic carbocycles. The molecule has 0 N–H and O–H groups in total. The smallest absolute Gasteiger partial charge is 0.121 e. The zero-order valence-corrected chi connectivity index (χ0v) is 10.6. The van der Waals surface area contributed by atoms with Crippen molar-refractivity contribution >= 4 is 21.8 Å². The van der Waals surface area contributed by atoms with Gasteiger partial charge in [-0.15, -0.1) is 5.10 Å². The number of nitrogens with zero attached hydrogens (tertiary/aromatic N) is 4. The van der Waals surface area contributed by atoms with Crippen LogP contribution in [-0.4, -0.2) is 20.2 Å². The van der Waals surface area contributed by atoms with Gasteiger partial charge in [-0.3, -0.25) is 4.98 Å². The number of hydrogen-bond acceptors (Lipinski definition) is 4. The minimum Gasteiger partial charge on any atom is -0.252 e. The van der Waals surface area contributed by atoms with Gasteiger partial charge in [0.1, 0.15) is 11.4 Å². The van der Waals surface area contributed by atoms with E-state index in [9.17, 15) is 0 Å². The third kappa shape index (κ3) is 1.70. The van der Waals surface area contributed by atoms with Crippen molar-refractivity contribution in [2.24, 2.45) is 0 Å². The van der Waals surface area contributed by atoms with Crippen molar-refractivity contribution in [3.8, 4) is 11.4 Å². The summed E-state index contributed by atoms with van der Waals surface area (Å²) in [5, 5.41) is 10.4. The van der Waals surface area contributed by atoms with Crippen molar-refractivity contribution < 1.29 is 0 Å². The number of aromatic nitrogens is 4. The lowest BCUT2D eigenvalue weighted by Gasteiger charge is -2.04. The second kappa shape index (κ2) is 4.35. The topological polar surface area (TPSA) is 51.6 Å². The number of rotatable bonds is 1. The highest BCUT2D eigenvalue weighted by Crippen LogP contribution is 2.24. The van der Waals surface area contributed by atoms with Gasteiger partial charge in [-0.05, 0) is 12.1 Å². The molecule has 0 atom stereocenters.